The number of hydrogen-bond donors (Lipinski definition) is 0. The Kier molecular flexibility index (Phi) is 4.93. The molecule has 4 heteroatoms. The lowest BCUT2D eigenvalue weighted by atomic mass is 10.1. The van der Waals surface area contributed by atoms with Crippen molar-refractivity contribution in [2.24, 2.45) is 5.92 Å². The minimum absolute atomic E-state index is 0.0979. The van der Waals surface area contributed by atoms with Crippen LogP contribution >= 0.6 is 15.9 Å². The van der Waals surface area contributed by atoms with E-state index in [0.717, 1.165) is 12.0 Å². The Balaban J connectivity index is 2.58. The maximum atomic E-state index is 12.8. The molecule has 1 unspecified atom stereocenters. The molecule has 0 aromatic heterocycles. The number of rotatable bonds is 4. The normalized spacial score (nSPS) is 12.2. The lowest BCUT2D eigenvalue weighted by molar-refractivity contribution is -0.149. The molecule has 1 atom stereocenters. The number of hydrogen-bond acceptors (Lipinski definition) is 2. The van der Waals surface area contributed by atoms with Crippen molar-refractivity contribution in [1.29, 1.82) is 0 Å². The van der Waals surface area contributed by atoms with Crippen LogP contribution in [-0.2, 0) is 16.1 Å². The molecule has 0 radical (unpaired) electrons. The van der Waals surface area contributed by atoms with Gasteiger partial charge < -0.3 is 4.74 Å². The molecular formula is C12H14BrFO2. The molecule has 0 aliphatic heterocycles. The number of halogens is 2. The fraction of sp³-hybridized carbons (Fsp3) is 0.417. The van der Waals surface area contributed by atoms with Crippen LogP contribution < -0.4 is 0 Å². The molecule has 0 saturated heterocycles. The fourth-order valence-electron chi connectivity index (χ4n) is 1.10. The molecule has 1 aromatic rings. The van der Waals surface area contributed by atoms with Crippen LogP contribution in [0.4, 0.5) is 4.39 Å². The zero-order chi connectivity index (χ0) is 12.1. The summed E-state index contributed by atoms with van der Waals surface area (Å²) in [7, 11) is 0. The van der Waals surface area contributed by atoms with E-state index in [1.54, 1.807) is 6.07 Å². The second-order valence-electron chi connectivity index (χ2n) is 3.65. The third-order valence-electron chi connectivity index (χ3n) is 2.40. The Bertz CT molecular complexity index is 379. The maximum Gasteiger partial charge on any atom is 0.308 e. The van der Waals surface area contributed by atoms with E-state index in [0.29, 0.717) is 4.47 Å². The highest BCUT2D eigenvalue weighted by Gasteiger charge is 2.12. The monoisotopic (exact) mass is 288 g/mol. The smallest absolute Gasteiger partial charge is 0.308 e. The summed E-state index contributed by atoms with van der Waals surface area (Å²) in [5, 5.41) is 0. The van der Waals surface area contributed by atoms with Crippen molar-refractivity contribution in [3.8, 4) is 0 Å². The average molecular weight is 289 g/mol. The van der Waals surface area contributed by atoms with Gasteiger partial charge >= 0.3 is 5.97 Å². The highest BCUT2D eigenvalue weighted by Crippen LogP contribution is 2.19. The Morgan fingerprint density at radius 1 is 1.56 bits per heavy atom. The van der Waals surface area contributed by atoms with Crippen molar-refractivity contribution in [3.05, 3.63) is 34.1 Å². The number of ether oxygens (including phenoxy) is 1. The van der Waals surface area contributed by atoms with Crippen molar-refractivity contribution < 1.29 is 13.9 Å². The van der Waals surface area contributed by atoms with Crippen LogP contribution in [0.1, 0.15) is 25.8 Å². The van der Waals surface area contributed by atoms with E-state index in [2.05, 4.69) is 15.9 Å². The van der Waals surface area contributed by atoms with Gasteiger partial charge in [-0.2, -0.15) is 0 Å². The molecule has 0 fully saturated rings. The Labute approximate surface area is 103 Å². The van der Waals surface area contributed by atoms with Gasteiger partial charge in [0.2, 0.25) is 0 Å². The van der Waals surface area contributed by atoms with Gasteiger partial charge in [-0.15, -0.1) is 0 Å². The minimum atomic E-state index is -0.316. The summed E-state index contributed by atoms with van der Waals surface area (Å²) in [5.74, 6) is -0.637. The van der Waals surface area contributed by atoms with Crippen LogP contribution in [0, 0.1) is 11.7 Å². The van der Waals surface area contributed by atoms with Crippen LogP contribution in [0.3, 0.4) is 0 Å². The summed E-state index contributed by atoms with van der Waals surface area (Å²) in [6, 6.07) is 4.30. The van der Waals surface area contributed by atoms with Crippen LogP contribution in [0.25, 0.3) is 0 Å². The third-order valence-corrected chi connectivity index (χ3v) is 3.14. The van der Waals surface area contributed by atoms with Gasteiger partial charge in [-0.3, -0.25) is 4.79 Å². The summed E-state index contributed by atoms with van der Waals surface area (Å²) in [6.07, 6.45) is 0.753. The summed E-state index contributed by atoms with van der Waals surface area (Å²) >= 11 is 3.22. The van der Waals surface area contributed by atoms with E-state index in [9.17, 15) is 9.18 Å². The quantitative estimate of drug-likeness (QED) is 0.790. The SMILES string of the molecule is CCC(C)C(=O)OCc1ccc(F)cc1Br. The predicted molar refractivity (Wildman–Crippen MR) is 63.4 cm³/mol. The third kappa shape index (κ3) is 3.59. The molecule has 0 amide bonds. The highest BCUT2D eigenvalue weighted by molar-refractivity contribution is 9.10. The van der Waals surface area contributed by atoms with Crippen molar-refractivity contribution in [2.45, 2.75) is 26.9 Å². The Morgan fingerprint density at radius 3 is 2.81 bits per heavy atom. The van der Waals surface area contributed by atoms with Crippen molar-refractivity contribution in [1.82, 2.24) is 0 Å². The minimum Gasteiger partial charge on any atom is -0.461 e. The van der Waals surface area contributed by atoms with E-state index < -0.39 is 0 Å². The Hall–Kier alpha value is -0.900. The van der Waals surface area contributed by atoms with Gasteiger partial charge in [-0.25, -0.2) is 4.39 Å². The van der Waals surface area contributed by atoms with Gasteiger partial charge in [0.05, 0.1) is 5.92 Å². The largest absolute Gasteiger partial charge is 0.461 e. The number of carbonyl (C=O) groups is 1. The molecule has 0 saturated carbocycles. The molecular weight excluding hydrogens is 275 g/mol. The summed E-state index contributed by atoms with van der Waals surface area (Å²) in [4.78, 5) is 11.4. The fourth-order valence-corrected chi connectivity index (χ4v) is 1.56. The van der Waals surface area contributed by atoms with Crippen LogP contribution in [0.15, 0.2) is 22.7 Å². The topological polar surface area (TPSA) is 26.3 Å². The lowest BCUT2D eigenvalue weighted by Gasteiger charge is -2.10. The van der Waals surface area contributed by atoms with Crippen LogP contribution in [0.5, 0.6) is 0 Å². The highest BCUT2D eigenvalue weighted by atomic mass is 79.9. The maximum absolute atomic E-state index is 12.8. The first-order valence-electron chi connectivity index (χ1n) is 5.15. The zero-order valence-corrected chi connectivity index (χ0v) is 10.9. The van der Waals surface area contributed by atoms with Crippen molar-refractivity contribution in [2.75, 3.05) is 0 Å². The van der Waals surface area contributed by atoms with Gasteiger partial charge in [-0.1, -0.05) is 35.8 Å². The molecule has 0 N–H and O–H groups in total. The van der Waals surface area contributed by atoms with Gasteiger partial charge in [0.1, 0.15) is 12.4 Å². The molecule has 1 aromatic carbocycles. The van der Waals surface area contributed by atoms with E-state index >= 15 is 0 Å². The first-order valence-corrected chi connectivity index (χ1v) is 5.94. The second-order valence-corrected chi connectivity index (χ2v) is 4.51. The van der Waals surface area contributed by atoms with Crippen LogP contribution in [0.2, 0.25) is 0 Å². The summed E-state index contributed by atoms with van der Waals surface area (Å²) in [5.41, 5.74) is 0.762. The second kappa shape index (κ2) is 5.99. The molecule has 0 bridgehead atoms. The number of carbonyl (C=O) groups excluding carboxylic acids is 1. The average Bonchev–Trinajstić information content (AvgIpc) is 2.26. The Morgan fingerprint density at radius 2 is 2.25 bits per heavy atom. The molecule has 0 aliphatic carbocycles. The zero-order valence-electron chi connectivity index (χ0n) is 9.30. The first-order chi connectivity index (χ1) is 7.54. The standard InChI is InChI=1S/C12H14BrFO2/c1-3-8(2)12(15)16-7-9-4-5-10(14)6-11(9)13/h4-6,8H,3,7H2,1-2H3. The summed E-state index contributed by atoms with van der Waals surface area (Å²) < 4.78 is 18.5. The number of benzene rings is 1. The molecule has 1 rings (SSSR count). The summed E-state index contributed by atoms with van der Waals surface area (Å²) in [6.45, 7) is 3.92. The number of esters is 1. The van der Waals surface area contributed by atoms with E-state index in [1.807, 2.05) is 13.8 Å². The molecule has 16 heavy (non-hydrogen) atoms. The molecule has 0 spiro atoms. The van der Waals surface area contributed by atoms with E-state index in [1.165, 1.54) is 12.1 Å². The van der Waals surface area contributed by atoms with E-state index in [-0.39, 0.29) is 24.3 Å². The molecule has 0 heterocycles. The van der Waals surface area contributed by atoms with Gasteiger partial charge in [0.15, 0.2) is 0 Å². The predicted octanol–water partition coefficient (Wildman–Crippen LogP) is 3.68. The van der Waals surface area contributed by atoms with E-state index in [4.69, 9.17) is 4.74 Å². The first kappa shape index (κ1) is 13.2. The van der Waals surface area contributed by atoms with Crippen LogP contribution in [-0.4, -0.2) is 5.97 Å². The molecule has 88 valence electrons. The van der Waals surface area contributed by atoms with Crippen molar-refractivity contribution >= 4 is 21.9 Å². The van der Waals surface area contributed by atoms with Gasteiger partial charge in [-0.05, 0) is 18.6 Å². The van der Waals surface area contributed by atoms with Gasteiger partial charge in [0, 0.05) is 10.0 Å². The lowest BCUT2D eigenvalue weighted by Crippen LogP contribution is -2.13. The van der Waals surface area contributed by atoms with Crippen molar-refractivity contribution in [3.63, 3.8) is 0 Å². The van der Waals surface area contributed by atoms with Gasteiger partial charge in [0.25, 0.3) is 0 Å². The molecule has 2 nitrogen and oxygen atoms in total. The molecule has 0 aliphatic rings.